The topological polar surface area (TPSA) is 51.0 Å². The standard InChI is InChI=1S/C24H22N4O/c1-17-10-13-19-6-2-4-8-22(19)28(17)24(29)20-14-11-18(12-15-20)16-27-23-9-5-3-7-21(23)25-26-27/h2-9,11-12,14-15,17H,10,13,16H2,1H3/t17-/m1/s1. The molecule has 0 unspecified atom stereocenters. The lowest BCUT2D eigenvalue weighted by atomic mass is 9.95. The third kappa shape index (κ3) is 3.18. The number of carbonyl (C=O) groups excluding carboxylic acids is 1. The minimum Gasteiger partial charge on any atom is -0.305 e. The SMILES string of the molecule is C[C@@H]1CCc2ccccc2N1C(=O)c1ccc(Cn2nnc3ccccc32)cc1. The minimum atomic E-state index is 0.0578. The van der Waals surface area contributed by atoms with E-state index >= 15 is 0 Å². The Bertz CT molecular complexity index is 1180. The van der Waals surface area contributed by atoms with Gasteiger partial charge in [-0.1, -0.05) is 47.7 Å². The van der Waals surface area contributed by atoms with Gasteiger partial charge in [-0.15, -0.1) is 5.10 Å². The number of aromatic nitrogens is 3. The fourth-order valence-electron chi connectivity index (χ4n) is 4.10. The average molecular weight is 382 g/mol. The van der Waals surface area contributed by atoms with Gasteiger partial charge >= 0.3 is 0 Å². The quantitative estimate of drug-likeness (QED) is 0.526. The van der Waals surface area contributed by atoms with Crippen molar-refractivity contribution in [2.24, 2.45) is 0 Å². The maximum Gasteiger partial charge on any atom is 0.258 e. The van der Waals surface area contributed by atoms with E-state index in [9.17, 15) is 4.79 Å². The summed E-state index contributed by atoms with van der Waals surface area (Å²) in [6, 6.07) is 24.2. The minimum absolute atomic E-state index is 0.0578. The summed E-state index contributed by atoms with van der Waals surface area (Å²) in [6.45, 7) is 2.75. The summed E-state index contributed by atoms with van der Waals surface area (Å²) in [7, 11) is 0. The lowest BCUT2D eigenvalue weighted by Crippen LogP contribution is -2.42. The zero-order valence-electron chi connectivity index (χ0n) is 16.3. The number of amides is 1. The number of hydrogen-bond donors (Lipinski definition) is 0. The first-order chi connectivity index (χ1) is 14.2. The van der Waals surface area contributed by atoms with Crippen LogP contribution in [-0.4, -0.2) is 26.9 Å². The van der Waals surface area contributed by atoms with Crippen LogP contribution in [0.2, 0.25) is 0 Å². The van der Waals surface area contributed by atoms with Crippen LogP contribution in [0.4, 0.5) is 5.69 Å². The van der Waals surface area contributed by atoms with Gasteiger partial charge < -0.3 is 4.90 Å². The molecule has 0 saturated heterocycles. The molecule has 4 aromatic rings. The third-order valence-corrected chi connectivity index (χ3v) is 5.70. The number of fused-ring (bicyclic) bond motifs is 2. The van der Waals surface area contributed by atoms with Gasteiger partial charge in [0.15, 0.2) is 0 Å². The van der Waals surface area contributed by atoms with Crippen molar-refractivity contribution in [1.82, 2.24) is 15.0 Å². The van der Waals surface area contributed by atoms with E-state index in [0.29, 0.717) is 12.1 Å². The van der Waals surface area contributed by atoms with Crippen LogP contribution in [0.3, 0.4) is 0 Å². The first-order valence-corrected chi connectivity index (χ1v) is 9.99. The second-order valence-electron chi connectivity index (χ2n) is 7.62. The predicted octanol–water partition coefficient (Wildman–Crippen LogP) is 4.46. The normalized spacial score (nSPS) is 16.0. The average Bonchev–Trinajstić information content (AvgIpc) is 3.17. The van der Waals surface area contributed by atoms with Crippen LogP contribution in [0.25, 0.3) is 11.0 Å². The molecule has 0 radical (unpaired) electrons. The number of carbonyl (C=O) groups is 1. The van der Waals surface area contributed by atoms with Gasteiger partial charge in [0.2, 0.25) is 0 Å². The predicted molar refractivity (Wildman–Crippen MR) is 114 cm³/mol. The maximum atomic E-state index is 13.3. The van der Waals surface area contributed by atoms with Crippen LogP contribution < -0.4 is 4.90 Å². The molecule has 1 aromatic heterocycles. The van der Waals surface area contributed by atoms with E-state index in [1.54, 1.807) is 0 Å². The summed E-state index contributed by atoms with van der Waals surface area (Å²) in [4.78, 5) is 15.2. The number of rotatable bonds is 3. The Morgan fingerprint density at radius 2 is 1.76 bits per heavy atom. The summed E-state index contributed by atoms with van der Waals surface area (Å²) in [5.74, 6) is 0.0578. The van der Waals surface area contributed by atoms with Gasteiger partial charge in [0.1, 0.15) is 5.52 Å². The highest BCUT2D eigenvalue weighted by Gasteiger charge is 2.28. The van der Waals surface area contributed by atoms with Gasteiger partial charge in [-0.2, -0.15) is 0 Å². The molecule has 1 atom stereocenters. The molecule has 0 N–H and O–H groups in total. The van der Waals surface area contributed by atoms with Crippen LogP contribution in [0.1, 0.15) is 34.8 Å². The van der Waals surface area contributed by atoms with E-state index in [1.807, 2.05) is 76.3 Å². The van der Waals surface area contributed by atoms with Crippen LogP contribution in [0.15, 0.2) is 72.8 Å². The van der Waals surface area contributed by atoms with Crippen molar-refractivity contribution in [3.8, 4) is 0 Å². The largest absolute Gasteiger partial charge is 0.305 e. The zero-order valence-corrected chi connectivity index (χ0v) is 16.3. The number of aryl methyl sites for hydroxylation is 1. The summed E-state index contributed by atoms with van der Waals surface area (Å²) in [6.07, 6.45) is 2.01. The molecule has 0 bridgehead atoms. The van der Waals surface area contributed by atoms with E-state index in [1.165, 1.54) is 5.56 Å². The highest BCUT2D eigenvalue weighted by Crippen LogP contribution is 2.31. The molecule has 0 fully saturated rings. The molecule has 5 nitrogen and oxygen atoms in total. The zero-order chi connectivity index (χ0) is 19.8. The summed E-state index contributed by atoms with van der Waals surface area (Å²) >= 11 is 0. The second-order valence-corrected chi connectivity index (χ2v) is 7.62. The Labute approximate surface area is 169 Å². The fourth-order valence-corrected chi connectivity index (χ4v) is 4.10. The third-order valence-electron chi connectivity index (χ3n) is 5.70. The molecule has 29 heavy (non-hydrogen) atoms. The molecule has 0 spiro atoms. The highest BCUT2D eigenvalue weighted by atomic mass is 16.2. The molecule has 5 heteroatoms. The Hall–Kier alpha value is -3.47. The van der Waals surface area contributed by atoms with Crippen LogP contribution in [0, 0.1) is 0 Å². The molecule has 0 saturated carbocycles. The van der Waals surface area contributed by atoms with Gasteiger partial charge in [-0.05, 0) is 61.2 Å². The number of para-hydroxylation sites is 2. The van der Waals surface area contributed by atoms with Gasteiger partial charge in [0.05, 0.1) is 12.1 Å². The summed E-state index contributed by atoms with van der Waals surface area (Å²) < 4.78 is 1.88. The van der Waals surface area contributed by atoms with Crippen molar-refractivity contribution >= 4 is 22.6 Å². The molecule has 1 amide bonds. The molecule has 1 aliphatic heterocycles. The van der Waals surface area contributed by atoms with Crippen molar-refractivity contribution in [2.75, 3.05) is 4.90 Å². The summed E-state index contributed by atoms with van der Waals surface area (Å²) in [5, 5.41) is 8.45. The fraction of sp³-hybridized carbons (Fsp3) is 0.208. The van der Waals surface area contributed by atoms with Gasteiger partial charge in [-0.3, -0.25) is 4.79 Å². The highest BCUT2D eigenvalue weighted by molar-refractivity contribution is 6.07. The monoisotopic (exact) mass is 382 g/mol. The Morgan fingerprint density at radius 1 is 1.00 bits per heavy atom. The van der Waals surface area contributed by atoms with Crippen LogP contribution in [-0.2, 0) is 13.0 Å². The van der Waals surface area contributed by atoms with E-state index in [-0.39, 0.29) is 11.9 Å². The first kappa shape index (κ1) is 17.6. The van der Waals surface area contributed by atoms with Crippen molar-refractivity contribution < 1.29 is 4.79 Å². The van der Waals surface area contributed by atoms with Crippen molar-refractivity contribution in [3.63, 3.8) is 0 Å². The van der Waals surface area contributed by atoms with E-state index in [4.69, 9.17) is 0 Å². The number of hydrogen-bond acceptors (Lipinski definition) is 3. The smallest absolute Gasteiger partial charge is 0.258 e. The number of nitrogens with zero attached hydrogens (tertiary/aromatic N) is 4. The number of benzene rings is 3. The van der Waals surface area contributed by atoms with Gasteiger partial charge in [0, 0.05) is 17.3 Å². The number of anilines is 1. The van der Waals surface area contributed by atoms with Gasteiger partial charge in [0.25, 0.3) is 5.91 Å². The van der Waals surface area contributed by atoms with Crippen molar-refractivity contribution in [2.45, 2.75) is 32.4 Å². The van der Waals surface area contributed by atoms with Crippen molar-refractivity contribution in [3.05, 3.63) is 89.5 Å². The molecule has 2 heterocycles. The Kier molecular flexibility index (Phi) is 4.35. The lowest BCUT2D eigenvalue weighted by Gasteiger charge is -2.35. The van der Waals surface area contributed by atoms with Crippen LogP contribution in [0.5, 0.6) is 0 Å². The van der Waals surface area contributed by atoms with Crippen molar-refractivity contribution in [1.29, 1.82) is 0 Å². The van der Waals surface area contributed by atoms with E-state index in [0.717, 1.165) is 35.1 Å². The summed E-state index contributed by atoms with van der Waals surface area (Å²) in [5.41, 5.74) is 5.97. The molecule has 3 aromatic carbocycles. The molecular weight excluding hydrogens is 360 g/mol. The van der Waals surface area contributed by atoms with Gasteiger partial charge in [-0.25, -0.2) is 4.68 Å². The lowest BCUT2D eigenvalue weighted by molar-refractivity contribution is 0.0975. The van der Waals surface area contributed by atoms with E-state index in [2.05, 4.69) is 23.3 Å². The Morgan fingerprint density at radius 3 is 2.62 bits per heavy atom. The molecule has 1 aliphatic rings. The molecule has 5 rings (SSSR count). The first-order valence-electron chi connectivity index (χ1n) is 9.99. The molecule has 0 aliphatic carbocycles. The second kappa shape index (κ2) is 7.17. The maximum absolute atomic E-state index is 13.3. The van der Waals surface area contributed by atoms with E-state index < -0.39 is 0 Å². The van der Waals surface area contributed by atoms with Crippen LogP contribution >= 0.6 is 0 Å². The molecule has 144 valence electrons. The molecular formula is C24H22N4O. The Balaban J connectivity index is 1.40.